The molecule has 12 nitrogen and oxygen atoms in total. The Balaban J connectivity index is 1.63. The predicted molar refractivity (Wildman–Crippen MR) is 163 cm³/mol. The monoisotopic (exact) mass is 616 g/mol. The molecule has 1 fully saturated rings. The second-order valence-corrected chi connectivity index (χ2v) is 10.4. The van der Waals surface area contributed by atoms with Crippen molar-refractivity contribution in [2.24, 2.45) is 0 Å². The fourth-order valence-electron chi connectivity index (χ4n) is 4.92. The summed E-state index contributed by atoms with van der Waals surface area (Å²) in [5, 5.41) is 0. The van der Waals surface area contributed by atoms with Crippen LogP contribution in [0.2, 0.25) is 0 Å². The molecular formula is C32H48N4O8. The molecule has 2 unspecified atom stereocenters. The number of methoxy groups -OCH3 is 2. The van der Waals surface area contributed by atoms with Crippen molar-refractivity contribution in [1.29, 1.82) is 0 Å². The fraction of sp³-hybridized carbons (Fsp3) is 0.625. The summed E-state index contributed by atoms with van der Waals surface area (Å²) in [6, 6.07) is 10.7. The van der Waals surface area contributed by atoms with Gasteiger partial charge in [0.05, 0.1) is 77.5 Å². The lowest BCUT2D eigenvalue weighted by molar-refractivity contribution is -0.0846. The van der Waals surface area contributed by atoms with Crippen LogP contribution in [0.5, 0.6) is 0 Å². The van der Waals surface area contributed by atoms with Crippen LogP contribution in [-0.2, 0) is 41.5 Å². The minimum atomic E-state index is -0.456. The van der Waals surface area contributed by atoms with Gasteiger partial charge in [-0.25, -0.2) is 19.6 Å². The van der Waals surface area contributed by atoms with Gasteiger partial charge in [-0.05, 0) is 37.1 Å². The standard InChI is InChI=1S/C32H48N4O8/c1-5-29-30(6-2)44-20-16-36(24-26-10-8-12-28(34-26)32(38)40-4)14-18-42-22-21-41-17-13-35(15-19-43-29)23-25-9-7-11-27(33-25)31(37)39-3/h7-12,29-30H,5-6,13-24H2,1-4H3. The summed E-state index contributed by atoms with van der Waals surface area (Å²) in [6.45, 7) is 11.0. The summed E-state index contributed by atoms with van der Waals surface area (Å²) in [5.74, 6) is -0.913. The van der Waals surface area contributed by atoms with Gasteiger partial charge in [-0.2, -0.15) is 0 Å². The first-order chi connectivity index (χ1) is 21.5. The molecule has 2 aromatic rings. The van der Waals surface area contributed by atoms with Crippen LogP contribution in [-0.4, -0.2) is 124 Å². The van der Waals surface area contributed by atoms with E-state index in [-0.39, 0.29) is 23.6 Å². The lowest BCUT2D eigenvalue weighted by Crippen LogP contribution is -2.38. The lowest BCUT2D eigenvalue weighted by Gasteiger charge is -2.29. The number of carbonyl (C=O) groups excluding carboxylic acids is 2. The Morgan fingerprint density at radius 2 is 1.09 bits per heavy atom. The van der Waals surface area contributed by atoms with E-state index in [9.17, 15) is 9.59 Å². The molecule has 3 heterocycles. The van der Waals surface area contributed by atoms with E-state index in [0.29, 0.717) is 78.9 Å². The molecule has 1 aliphatic rings. The van der Waals surface area contributed by atoms with Crippen LogP contribution in [0.3, 0.4) is 0 Å². The number of hydrogen-bond acceptors (Lipinski definition) is 12. The number of nitrogens with zero attached hydrogens (tertiary/aromatic N) is 4. The van der Waals surface area contributed by atoms with Crippen molar-refractivity contribution in [3.63, 3.8) is 0 Å². The zero-order valence-electron chi connectivity index (χ0n) is 26.6. The van der Waals surface area contributed by atoms with Gasteiger partial charge >= 0.3 is 11.9 Å². The highest BCUT2D eigenvalue weighted by molar-refractivity contribution is 5.87. The van der Waals surface area contributed by atoms with E-state index in [1.54, 1.807) is 12.1 Å². The van der Waals surface area contributed by atoms with Crippen molar-refractivity contribution in [3.8, 4) is 0 Å². The lowest BCUT2D eigenvalue weighted by atomic mass is 10.1. The normalized spacial score (nSPS) is 20.7. The van der Waals surface area contributed by atoms with Crippen molar-refractivity contribution >= 4 is 11.9 Å². The predicted octanol–water partition coefficient (Wildman–Crippen LogP) is 2.99. The molecule has 44 heavy (non-hydrogen) atoms. The summed E-state index contributed by atoms with van der Waals surface area (Å²) in [5.41, 5.74) is 2.12. The van der Waals surface area contributed by atoms with Crippen molar-refractivity contribution in [2.75, 3.05) is 80.0 Å². The first-order valence-corrected chi connectivity index (χ1v) is 15.4. The molecule has 0 aromatic carbocycles. The van der Waals surface area contributed by atoms with E-state index in [1.807, 2.05) is 24.3 Å². The molecule has 2 aromatic heterocycles. The summed E-state index contributed by atoms with van der Waals surface area (Å²) in [7, 11) is 2.70. The van der Waals surface area contributed by atoms with E-state index < -0.39 is 11.9 Å². The molecule has 0 N–H and O–H groups in total. The molecule has 1 saturated heterocycles. The second-order valence-electron chi connectivity index (χ2n) is 10.4. The van der Waals surface area contributed by atoms with Gasteiger partial charge in [0.25, 0.3) is 0 Å². The quantitative estimate of drug-likeness (QED) is 0.405. The highest BCUT2D eigenvalue weighted by atomic mass is 16.5. The topological polar surface area (TPSA) is 122 Å². The average Bonchev–Trinajstić information content (AvgIpc) is 3.05. The number of carbonyl (C=O) groups is 2. The third-order valence-electron chi connectivity index (χ3n) is 7.35. The van der Waals surface area contributed by atoms with Gasteiger partial charge in [0, 0.05) is 39.3 Å². The molecule has 0 saturated carbocycles. The molecular weight excluding hydrogens is 568 g/mol. The first kappa shape index (κ1) is 35.5. The number of rotatable bonds is 8. The van der Waals surface area contributed by atoms with Crippen LogP contribution in [0.25, 0.3) is 0 Å². The Bertz CT molecular complexity index is 1050. The van der Waals surface area contributed by atoms with E-state index >= 15 is 0 Å². The Hall–Kier alpha value is -3.00. The first-order valence-electron chi connectivity index (χ1n) is 15.4. The molecule has 2 atom stereocenters. The maximum Gasteiger partial charge on any atom is 0.356 e. The summed E-state index contributed by atoms with van der Waals surface area (Å²) in [4.78, 5) is 37.3. The smallest absolute Gasteiger partial charge is 0.356 e. The SMILES string of the molecule is CCC1OCCN(Cc2cccc(C(=O)OC)n2)CCOCCOCCN(Cc2cccc(C(=O)OC)n2)CCOC1CC. The van der Waals surface area contributed by atoms with E-state index in [0.717, 1.165) is 24.2 Å². The Morgan fingerprint density at radius 3 is 1.48 bits per heavy atom. The van der Waals surface area contributed by atoms with E-state index in [1.165, 1.54) is 14.2 Å². The molecule has 0 bridgehead atoms. The van der Waals surface area contributed by atoms with Gasteiger partial charge in [0.1, 0.15) is 11.4 Å². The van der Waals surface area contributed by atoms with Gasteiger partial charge in [-0.1, -0.05) is 26.0 Å². The molecule has 0 spiro atoms. The highest BCUT2D eigenvalue weighted by Crippen LogP contribution is 2.14. The van der Waals surface area contributed by atoms with Crippen molar-refractivity contribution in [3.05, 3.63) is 59.2 Å². The Morgan fingerprint density at radius 1 is 0.682 bits per heavy atom. The van der Waals surface area contributed by atoms with Gasteiger partial charge in [0.2, 0.25) is 0 Å². The summed E-state index contributed by atoms with van der Waals surface area (Å²) >= 11 is 0. The molecule has 0 radical (unpaired) electrons. The number of esters is 2. The number of pyridine rings is 2. The number of hydrogen-bond donors (Lipinski definition) is 0. The summed E-state index contributed by atoms with van der Waals surface area (Å²) < 4.78 is 34.1. The Kier molecular flexibility index (Phi) is 16.2. The van der Waals surface area contributed by atoms with Crippen LogP contribution in [0.1, 0.15) is 59.1 Å². The van der Waals surface area contributed by atoms with Crippen molar-refractivity contribution < 1.29 is 38.0 Å². The summed E-state index contributed by atoms with van der Waals surface area (Å²) in [6.07, 6.45) is 1.55. The maximum atomic E-state index is 12.0. The van der Waals surface area contributed by atoms with E-state index in [4.69, 9.17) is 28.4 Å². The molecule has 0 amide bonds. The number of ether oxygens (including phenoxy) is 6. The van der Waals surface area contributed by atoms with Gasteiger partial charge in [-0.3, -0.25) is 9.80 Å². The van der Waals surface area contributed by atoms with Crippen LogP contribution in [0.4, 0.5) is 0 Å². The minimum Gasteiger partial charge on any atom is -0.464 e. The maximum absolute atomic E-state index is 12.0. The highest BCUT2D eigenvalue weighted by Gasteiger charge is 2.21. The average molecular weight is 617 g/mol. The molecule has 3 rings (SSSR count). The van der Waals surface area contributed by atoms with Crippen LogP contribution in [0, 0.1) is 0 Å². The zero-order chi connectivity index (χ0) is 31.6. The molecule has 0 aliphatic carbocycles. The minimum absolute atomic E-state index is 0.0482. The van der Waals surface area contributed by atoms with Gasteiger partial charge in [-0.15, -0.1) is 0 Å². The van der Waals surface area contributed by atoms with Crippen LogP contribution in [0.15, 0.2) is 36.4 Å². The van der Waals surface area contributed by atoms with Crippen molar-refractivity contribution in [2.45, 2.75) is 52.0 Å². The largest absolute Gasteiger partial charge is 0.464 e. The Labute approximate surface area is 260 Å². The van der Waals surface area contributed by atoms with Gasteiger partial charge in [0.15, 0.2) is 0 Å². The third-order valence-corrected chi connectivity index (χ3v) is 7.35. The third kappa shape index (κ3) is 12.2. The fourth-order valence-corrected chi connectivity index (χ4v) is 4.92. The van der Waals surface area contributed by atoms with Gasteiger partial charge < -0.3 is 28.4 Å². The molecule has 244 valence electrons. The number of aromatic nitrogens is 2. The van der Waals surface area contributed by atoms with Crippen LogP contribution >= 0.6 is 0 Å². The molecule has 12 heteroatoms. The second kappa shape index (κ2) is 20.1. The zero-order valence-corrected chi connectivity index (χ0v) is 26.6. The van der Waals surface area contributed by atoms with Crippen LogP contribution < -0.4 is 0 Å². The van der Waals surface area contributed by atoms with Crippen molar-refractivity contribution in [1.82, 2.24) is 19.8 Å². The van der Waals surface area contributed by atoms with E-state index in [2.05, 4.69) is 33.6 Å². The molecule has 1 aliphatic heterocycles.